The molecule has 1 aliphatic rings. The van der Waals surface area contributed by atoms with E-state index in [9.17, 15) is 18.4 Å². The fourth-order valence-electron chi connectivity index (χ4n) is 3.00. The molecule has 0 spiro atoms. The Morgan fingerprint density at radius 3 is 2.69 bits per heavy atom. The molecule has 1 saturated heterocycles. The van der Waals surface area contributed by atoms with E-state index < -0.39 is 18.9 Å². The Hall–Kier alpha value is -2.02. The summed E-state index contributed by atoms with van der Waals surface area (Å²) >= 11 is 0. The molecule has 1 aliphatic heterocycles. The molecule has 26 heavy (non-hydrogen) atoms. The number of carbonyl (C=O) groups is 2. The van der Waals surface area contributed by atoms with E-state index in [0.717, 1.165) is 5.56 Å². The number of anilines is 1. The minimum Gasteiger partial charge on any atom is -0.377 e. The molecular formula is C19H26F2N2O3. The highest BCUT2D eigenvalue weighted by atomic mass is 19.3. The highest BCUT2D eigenvalue weighted by molar-refractivity contribution is 5.96. The smallest absolute Gasteiger partial charge is 0.254 e. The number of morpholine rings is 1. The molecule has 0 aliphatic carbocycles. The first kappa shape index (κ1) is 20.3. The number of hydrogen-bond acceptors (Lipinski definition) is 3. The van der Waals surface area contributed by atoms with Crippen molar-refractivity contribution in [1.29, 1.82) is 0 Å². The number of alkyl halides is 2. The van der Waals surface area contributed by atoms with Gasteiger partial charge in [0, 0.05) is 30.6 Å². The van der Waals surface area contributed by atoms with Crippen LogP contribution in [0, 0.1) is 12.8 Å². The van der Waals surface area contributed by atoms with Gasteiger partial charge < -0.3 is 15.0 Å². The summed E-state index contributed by atoms with van der Waals surface area (Å²) in [5, 5.41) is 2.84. The second-order valence-corrected chi connectivity index (χ2v) is 7.03. The minimum absolute atomic E-state index is 0.0765. The third-order valence-corrected chi connectivity index (χ3v) is 4.28. The summed E-state index contributed by atoms with van der Waals surface area (Å²) in [7, 11) is 0. The molecular weight excluding hydrogens is 342 g/mol. The zero-order valence-corrected chi connectivity index (χ0v) is 15.4. The monoisotopic (exact) mass is 368 g/mol. The number of nitrogens with zero attached hydrogens (tertiary/aromatic N) is 1. The Kier molecular flexibility index (Phi) is 7.08. The summed E-state index contributed by atoms with van der Waals surface area (Å²) in [6.07, 6.45) is -2.46. The van der Waals surface area contributed by atoms with E-state index in [0.29, 0.717) is 30.8 Å². The summed E-state index contributed by atoms with van der Waals surface area (Å²) in [6, 6.07) is 4.36. The number of carbonyl (C=O) groups excluding carboxylic acids is 2. The van der Waals surface area contributed by atoms with Gasteiger partial charge in [-0.05, 0) is 36.6 Å². The standard InChI is InChI=1S/C19H26F2N2O3/c1-12(2)8-18(24)22-16-5-4-14(9-13(16)3)19(25)23-6-7-26-11-15(23)10-17(20)21/h4-5,9,12,15,17H,6-8,10-11H2,1-3H3,(H,22,24). The van der Waals surface area contributed by atoms with E-state index in [1.807, 2.05) is 13.8 Å². The van der Waals surface area contributed by atoms with Crippen LogP contribution in [0.15, 0.2) is 18.2 Å². The van der Waals surface area contributed by atoms with Crippen molar-refractivity contribution in [1.82, 2.24) is 4.90 Å². The van der Waals surface area contributed by atoms with Crippen LogP contribution < -0.4 is 5.32 Å². The fraction of sp³-hybridized carbons (Fsp3) is 0.579. The van der Waals surface area contributed by atoms with Gasteiger partial charge in [0.05, 0.1) is 19.3 Å². The van der Waals surface area contributed by atoms with Crippen LogP contribution in [0.4, 0.5) is 14.5 Å². The van der Waals surface area contributed by atoms with Crippen molar-refractivity contribution in [3.05, 3.63) is 29.3 Å². The fourth-order valence-corrected chi connectivity index (χ4v) is 3.00. The van der Waals surface area contributed by atoms with E-state index in [2.05, 4.69) is 5.32 Å². The van der Waals surface area contributed by atoms with Gasteiger partial charge in [-0.3, -0.25) is 9.59 Å². The first-order chi connectivity index (χ1) is 12.3. The van der Waals surface area contributed by atoms with Gasteiger partial charge in [-0.1, -0.05) is 13.8 Å². The van der Waals surface area contributed by atoms with Crippen LogP contribution in [-0.2, 0) is 9.53 Å². The number of rotatable bonds is 6. The molecule has 1 atom stereocenters. The van der Waals surface area contributed by atoms with Crippen LogP contribution in [0.5, 0.6) is 0 Å². The minimum atomic E-state index is -2.49. The SMILES string of the molecule is Cc1cc(C(=O)N2CCOCC2CC(F)F)ccc1NC(=O)CC(C)C. The van der Waals surface area contributed by atoms with Crippen molar-refractivity contribution in [2.24, 2.45) is 5.92 Å². The molecule has 1 aromatic carbocycles. The maximum atomic E-state index is 12.8. The van der Waals surface area contributed by atoms with E-state index >= 15 is 0 Å². The molecule has 1 unspecified atom stereocenters. The zero-order chi connectivity index (χ0) is 19.3. The number of halogens is 2. The summed E-state index contributed by atoms with van der Waals surface area (Å²) in [6.45, 7) is 6.49. The van der Waals surface area contributed by atoms with E-state index in [-0.39, 0.29) is 24.3 Å². The van der Waals surface area contributed by atoms with Gasteiger partial charge in [0.25, 0.3) is 5.91 Å². The quantitative estimate of drug-likeness (QED) is 0.836. The van der Waals surface area contributed by atoms with Crippen LogP contribution in [0.2, 0.25) is 0 Å². The average molecular weight is 368 g/mol. The number of ether oxygens (including phenoxy) is 1. The molecule has 2 rings (SSSR count). The summed E-state index contributed by atoms with van der Waals surface area (Å²) in [5.41, 5.74) is 1.83. The van der Waals surface area contributed by atoms with Crippen LogP contribution in [0.1, 0.15) is 42.6 Å². The lowest BCUT2D eigenvalue weighted by Crippen LogP contribution is -2.49. The van der Waals surface area contributed by atoms with Crippen LogP contribution in [-0.4, -0.2) is 48.9 Å². The Morgan fingerprint density at radius 2 is 2.08 bits per heavy atom. The summed E-state index contributed by atoms with van der Waals surface area (Å²) in [5.74, 6) is -0.112. The van der Waals surface area contributed by atoms with Crippen molar-refractivity contribution in [2.45, 2.75) is 46.1 Å². The van der Waals surface area contributed by atoms with Crippen molar-refractivity contribution >= 4 is 17.5 Å². The molecule has 1 N–H and O–H groups in total. The van der Waals surface area contributed by atoms with Crippen molar-refractivity contribution in [2.75, 3.05) is 25.1 Å². The maximum absolute atomic E-state index is 12.8. The predicted molar refractivity (Wildman–Crippen MR) is 95.5 cm³/mol. The van der Waals surface area contributed by atoms with E-state index in [4.69, 9.17) is 4.74 Å². The normalized spacial score (nSPS) is 17.7. The molecule has 1 aromatic rings. The Morgan fingerprint density at radius 1 is 1.35 bits per heavy atom. The number of aryl methyl sites for hydroxylation is 1. The summed E-state index contributed by atoms with van der Waals surface area (Å²) < 4.78 is 30.7. The maximum Gasteiger partial charge on any atom is 0.254 e. The second-order valence-electron chi connectivity index (χ2n) is 7.03. The Labute approximate surface area is 152 Å². The van der Waals surface area contributed by atoms with Gasteiger partial charge in [-0.15, -0.1) is 0 Å². The number of amides is 2. The number of hydrogen-bond donors (Lipinski definition) is 1. The van der Waals surface area contributed by atoms with Gasteiger partial charge in [-0.2, -0.15) is 0 Å². The molecule has 0 saturated carbocycles. The Bertz CT molecular complexity index is 650. The molecule has 0 radical (unpaired) electrons. The molecule has 2 amide bonds. The predicted octanol–water partition coefficient (Wildman–Crippen LogP) is 3.48. The molecule has 5 nitrogen and oxygen atoms in total. The largest absolute Gasteiger partial charge is 0.377 e. The lowest BCUT2D eigenvalue weighted by atomic mass is 10.1. The van der Waals surface area contributed by atoms with Crippen LogP contribution in [0.25, 0.3) is 0 Å². The van der Waals surface area contributed by atoms with E-state index in [1.165, 1.54) is 4.90 Å². The molecule has 0 aromatic heterocycles. The first-order valence-corrected chi connectivity index (χ1v) is 8.85. The van der Waals surface area contributed by atoms with Crippen molar-refractivity contribution in [3.63, 3.8) is 0 Å². The summed E-state index contributed by atoms with van der Waals surface area (Å²) in [4.78, 5) is 26.1. The average Bonchev–Trinajstić information content (AvgIpc) is 2.55. The van der Waals surface area contributed by atoms with Crippen molar-refractivity contribution < 1.29 is 23.1 Å². The first-order valence-electron chi connectivity index (χ1n) is 8.85. The molecule has 1 fully saturated rings. The topological polar surface area (TPSA) is 58.6 Å². The highest BCUT2D eigenvalue weighted by Gasteiger charge is 2.30. The third kappa shape index (κ3) is 5.49. The van der Waals surface area contributed by atoms with Crippen LogP contribution in [0.3, 0.4) is 0 Å². The number of benzene rings is 1. The van der Waals surface area contributed by atoms with Gasteiger partial charge in [0.2, 0.25) is 12.3 Å². The zero-order valence-electron chi connectivity index (χ0n) is 15.4. The number of nitrogens with one attached hydrogen (secondary N) is 1. The highest BCUT2D eigenvalue weighted by Crippen LogP contribution is 2.22. The molecule has 0 bridgehead atoms. The van der Waals surface area contributed by atoms with E-state index in [1.54, 1.807) is 25.1 Å². The van der Waals surface area contributed by atoms with Gasteiger partial charge in [0.1, 0.15) is 0 Å². The Balaban J connectivity index is 2.11. The lowest BCUT2D eigenvalue weighted by Gasteiger charge is -2.35. The van der Waals surface area contributed by atoms with Gasteiger partial charge >= 0.3 is 0 Å². The molecule has 144 valence electrons. The van der Waals surface area contributed by atoms with Crippen molar-refractivity contribution in [3.8, 4) is 0 Å². The van der Waals surface area contributed by atoms with Gasteiger partial charge in [0.15, 0.2) is 0 Å². The lowest BCUT2D eigenvalue weighted by molar-refractivity contribution is -0.116. The van der Waals surface area contributed by atoms with Crippen LogP contribution >= 0.6 is 0 Å². The molecule has 7 heteroatoms. The van der Waals surface area contributed by atoms with Gasteiger partial charge in [-0.25, -0.2) is 8.78 Å². The third-order valence-electron chi connectivity index (χ3n) is 4.28. The molecule has 1 heterocycles. The second kappa shape index (κ2) is 9.07.